The van der Waals surface area contributed by atoms with Gasteiger partial charge in [-0.2, -0.15) is 0 Å². The predicted octanol–water partition coefficient (Wildman–Crippen LogP) is 5.65. The Morgan fingerprint density at radius 3 is 2.44 bits per heavy atom. The Labute approximate surface area is 197 Å². The number of thioether (sulfide) groups is 1. The maximum absolute atomic E-state index is 13.4. The summed E-state index contributed by atoms with van der Waals surface area (Å²) >= 11 is 1.69. The zero-order valence-electron chi connectivity index (χ0n) is 19.6. The molecule has 4 nitrogen and oxygen atoms in total. The van der Waals surface area contributed by atoms with E-state index in [9.17, 15) is 9.59 Å². The molecule has 0 bridgehead atoms. The van der Waals surface area contributed by atoms with Crippen molar-refractivity contribution in [2.45, 2.75) is 82.8 Å². The molecule has 2 aromatic rings. The van der Waals surface area contributed by atoms with E-state index in [0.717, 1.165) is 24.0 Å². The quantitative estimate of drug-likeness (QED) is 0.474. The largest absolute Gasteiger partial charge is 0.352 e. The van der Waals surface area contributed by atoms with Gasteiger partial charge in [-0.3, -0.25) is 9.59 Å². The molecular formula is C27H36N2O2S. The fraction of sp³-hybridized carbons (Fsp3) is 0.481. The smallest absolute Gasteiger partial charge is 0.243 e. The van der Waals surface area contributed by atoms with Gasteiger partial charge in [0.05, 0.1) is 0 Å². The maximum Gasteiger partial charge on any atom is 0.243 e. The average Bonchev–Trinajstić information content (AvgIpc) is 3.28. The number of rotatable bonds is 10. The van der Waals surface area contributed by atoms with E-state index in [0.29, 0.717) is 25.1 Å². The normalized spacial score (nSPS) is 14.8. The molecule has 3 rings (SSSR count). The lowest BCUT2D eigenvalue weighted by molar-refractivity contribution is -0.141. The molecule has 1 fully saturated rings. The molecule has 2 amide bonds. The summed E-state index contributed by atoms with van der Waals surface area (Å²) in [6.07, 6.45) is 5.45. The number of nitrogens with zero attached hydrogens (tertiary/aromatic N) is 1. The fourth-order valence-electron chi connectivity index (χ4n) is 4.33. The Morgan fingerprint density at radius 2 is 1.78 bits per heavy atom. The lowest BCUT2D eigenvalue weighted by Crippen LogP contribution is -2.51. The number of aryl methyl sites for hydroxylation is 2. The molecule has 0 heterocycles. The van der Waals surface area contributed by atoms with Crippen LogP contribution in [0.3, 0.4) is 0 Å². The van der Waals surface area contributed by atoms with E-state index >= 15 is 0 Å². The summed E-state index contributed by atoms with van der Waals surface area (Å²) in [6.45, 7) is 6.59. The van der Waals surface area contributed by atoms with Crippen LogP contribution in [0.15, 0.2) is 53.4 Å². The van der Waals surface area contributed by atoms with Gasteiger partial charge in [-0.25, -0.2) is 0 Å². The van der Waals surface area contributed by atoms with Crippen LogP contribution in [0.25, 0.3) is 0 Å². The first-order valence-corrected chi connectivity index (χ1v) is 12.8. The second-order valence-corrected chi connectivity index (χ2v) is 10.0. The van der Waals surface area contributed by atoms with Crippen LogP contribution < -0.4 is 5.32 Å². The Bertz CT molecular complexity index is 891. The Morgan fingerprint density at radius 1 is 1.06 bits per heavy atom. The number of carbonyl (C=O) groups excluding carboxylic acids is 2. The first kappa shape index (κ1) is 24.4. The average molecular weight is 453 g/mol. The van der Waals surface area contributed by atoms with Crippen molar-refractivity contribution in [2.75, 3.05) is 5.75 Å². The van der Waals surface area contributed by atoms with Crippen LogP contribution in [-0.2, 0) is 16.1 Å². The zero-order valence-corrected chi connectivity index (χ0v) is 20.4. The Hall–Kier alpha value is -2.27. The van der Waals surface area contributed by atoms with Crippen LogP contribution in [0, 0.1) is 13.8 Å². The standard InChI is InChI=1S/C27H36N2O2S/c1-4-25(27(31)28-23-10-5-6-11-23)29(19-22-9-7-8-21(3)18-22)26(30)16-17-32-24-14-12-20(2)13-15-24/h7-9,12-15,18,23,25H,4-6,10-11,16-17,19H2,1-3H3,(H,28,31)/t25-/m0/s1. The van der Waals surface area contributed by atoms with Gasteiger partial charge in [-0.05, 0) is 50.8 Å². The lowest BCUT2D eigenvalue weighted by Gasteiger charge is -2.31. The van der Waals surface area contributed by atoms with Crippen molar-refractivity contribution >= 4 is 23.6 Å². The van der Waals surface area contributed by atoms with Crippen LogP contribution >= 0.6 is 11.8 Å². The minimum absolute atomic E-state index is 0.00779. The third-order valence-electron chi connectivity index (χ3n) is 6.13. The summed E-state index contributed by atoms with van der Waals surface area (Å²) in [7, 11) is 0. The number of benzene rings is 2. The molecule has 5 heteroatoms. The van der Waals surface area contributed by atoms with Crippen molar-refractivity contribution in [2.24, 2.45) is 0 Å². The highest BCUT2D eigenvalue weighted by molar-refractivity contribution is 7.99. The van der Waals surface area contributed by atoms with Gasteiger partial charge in [0.1, 0.15) is 6.04 Å². The topological polar surface area (TPSA) is 49.4 Å². The molecule has 0 aromatic heterocycles. The summed E-state index contributed by atoms with van der Waals surface area (Å²) in [6, 6.07) is 16.4. The lowest BCUT2D eigenvalue weighted by atomic mass is 10.1. The summed E-state index contributed by atoms with van der Waals surface area (Å²) < 4.78 is 0. The molecule has 1 saturated carbocycles. The molecule has 172 valence electrons. The molecule has 0 radical (unpaired) electrons. The zero-order chi connectivity index (χ0) is 22.9. The van der Waals surface area contributed by atoms with Crippen LogP contribution in [0.1, 0.15) is 62.1 Å². The summed E-state index contributed by atoms with van der Waals surface area (Å²) in [5.74, 6) is 0.735. The van der Waals surface area contributed by atoms with Gasteiger partial charge < -0.3 is 10.2 Å². The number of hydrogen-bond donors (Lipinski definition) is 1. The van der Waals surface area contributed by atoms with E-state index in [4.69, 9.17) is 0 Å². The predicted molar refractivity (Wildman–Crippen MR) is 133 cm³/mol. The van der Waals surface area contributed by atoms with Crippen molar-refractivity contribution in [1.82, 2.24) is 10.2 Å². The van der Waals surface area contributed by atoms with Gasteiger partial charge in [0.2, 0.25) is 11.8 Å². The van der Waals surface area contributed by atoms with Crippen molar-refractivity contribution < 1.29 is 9.59 Å². The fourth-order valence-corrected chi connectivity index (χ4v) is 5.17. The Kier molecular flexibility index (Phi) is 9.22. The second kappa shape index (κ2) is 12.1. The molecule has 0 aliphatic heterocycles. The van der Waals surface area contributed by atoms with Gasteiger partial charge in [0.25, 0.3) is 0 Å². The third-order valence-corrected chi connectivity index (χ3v) is 7.14. The van der Waals surface area contributed by atoms with E-state index in [1.807, 2.05) is 19.1 Å². The molecule has 1 atom stereocenters. The van der Waals surface area contributed by atoms with Crippen LogP contribution in [0.5, 0.6) is 0 Å². The summed E-state index contributed by atoms with van der Waals surface area (Å²) in [5.41, 5.74) is 3.46. The Balaban J connectivity index is 1.69. The molecular weight excluding hydrogens is 416 g/mol. The molecule has 0 spiro atoms. The van der Waals surface area contributed by atoms with E-state index in [1.165, 1.54) is 23.3 Å². The first-order chi connectivity index (χ1) is 15.5. The molecule has 0 saturated heterocycles. The van der Waals surface area contributed by atoms with Crippen LogP contribution in [0.4, 0.5) is 0 Å². The highest BCUT2D eigenvalue weighted by Crippen LogP contribution is 2.22. The molecule has 32 heavy (non-hydrogen) atoms. The number of nitrogens with one attached hydrogen (secondary N) is 1. The number of carbonyl (C=O) groups is 2. The summed E-state index contributed by atoms with van der Waals surface area (Å²) in [4.78, 5) is 29.5. The van der Waals surface area contributed by atoms with Crippen LogP contribution in [-0.4, -0.2) is 34.6 Å². The van der Waals surface area contributed by atoms with Gasteiger partial charge in [-0.1, -0.05) is 67.3 Å². The van der Waals surface area contributed by atoms with Crippen LogP contribution in [0.2, 0.25) is 0 Å². The first-order valence-electron chi connectivity index (χ1n) is 11.8. The van der Waals surface area contributed by atoms with Gasteiger partial charge in [-0.15, -0.1) is 11.8 Å². The van der Waals surface area contributed by atoms with Gasteiger partial charge >= 0.3 is 0 Å². The van der Waals surface area contributed by atoms with E-state index in [1.54, 1.807) is 16.7 Å². The van der Waals surface area contributed by atoms with E-state index in [-0.39, 0.29) is 17.9 Å². The van der Waals surface area contributed by atoms with Gasteiger partial charge in [0, 0.05) is 29.7 Å². The molecule has 1 N–H and O–H groups in total. The molecule has 0 unspecified atom stereocenters. The van der Waals surface area contributed by atoms with Crippen molar-refractivity contribution in [1.29, 1.82) is 0 Å². The van der Waals surface area contributed by atoms with Crippen molar-refractivity contribution in [3.63, 3.8) is 0 Å². The SMILES string of the molecule is CC[C@@H](C(=O)NC1CCCC1)N(Cc1cccc(C)c1)C(=O)CCSc1ccc(C)cc1. The highest BCUT2D eigenvalue weighted by atomic mass is 32.2. The van der Waals surface area contributed by atoms with Crippen molar-refractivity contribution in [3.8, 4) is 0 Å². The van der Waals surface area contributed by atoms with Crippen molar-refractivity contribution in [3.05, 3.63) is 65.2 Å². The highest BCUT2D eigenvalue weighted by Gasteiger charge is 2.30. The molecule has 1 aliphatic rings. The summed E-state index contributed by atoms with van der Waals surface area (Å²) in [5, 5.41) is 3.21. The molecule has 2 aromatic carbocycles. The minimum atomic E-state index is -0.437. The number of hydrogen-bond acceptors (Lipinski definition) is 3. The monoisotopic (exact) mass is 452 g/mol. The maximum atomic E-state index is 13.4. The second-order valence-electron chi connectivity index (χ2n) is 8.84. The third kappa shape index (κ3) is 7.13. The number of amides is 2. The minimum Gasteiger partial charge on any atom is -0.352 e. The van der Waals surface area contributed by atoms with E-state index < -0.39 is 6.04 Å². The van der Waals surface area contributed by atoms with E-state index in [2.05, 4.69) is 55.6 Å². The molecule has 1 aliphatic carbocycles. The van der Waals surface area contributed by atoms with Gasteiger partial charge in [0.15, 0.2) is 0 Å².